The van der Waals surface area contributed by atoms with Crippen molar-refractivity contribution in [3.63, 3.8) is 0 Å². The van der Waals surface area contributed by atoms with E-state index in [2.05, 4.69) is 5.32 Å². The third-order valence-electron chi connectivity index (χ3n) is 3.36. The van der Waals surface area contributed by atoms with Crippen molar-refractivity contribution in [1.82, 2.24) is 4.72 Å². The molecule has 1 amide bonds. The molecule has 0 spiro atoms. The van der Waals surface area contributed by atoms with Gasteiger partial charge in [-0.2, -0.15) is 0 Å². The van der Waals surface area contributed by atoms with Crippen LogP contribution in [0.25, 0.3) is 0 Å². The van der Waals surface area contributed by atoms with E-state index in [-0.39, 0.29) is 0 Å². The third kappa shape index (κ3) is 5.14. The van der Waals surface area contributed by atoms with Crippen LogP contribution >= 0.6 is 0 Å². The molecule has 2 rings (SSSR count). The number of ether oxygens (including phenoxy) is 2. The third-order valence-corrected chi connectivity index (χ3v) is 4.81. The van der Waals surface area contributed by atoms with Gasteiger partial charge in [-0.3, -0.25) is 4.79 Å². The number of carbonyl (C=O) groups excluding carboxylic acids is 1. The van der Waals surface area contributed by atoms with Crippen LogP contribution in [0.2, 0.25) is 0 Å². The minimum absolute atomic E-state index is 0.330. The Bertz CT molecular complexity index is 915. The van der Waals surface area contributed by atoms with E-state index in [1.807, 2.05) is 4.72 Å². The molecule has 2 aromatic carbocycles. The maximum absolute atomic E-state index is 13.6. The summed E-state index contributed by atoms with van der Waals surface area (Å²) in [5.74, 6) is -2.38. The van der Waals surface area contributed by atoms with E-state index in [1.165, 1.54) is 19.2 Å². The molecule has 2 aromatic rings. The van der Waals surface area contributed by atoms with Gasteiger partial charge in [0.05, 0.1) is 20.3 Å². The zero-order valence-corrected chi connectivity index (χ0v) is 15.4. The van der Waals surface area contributed by atoms with Crippen LogP contribution in [-0.2, 0) is 14.8 Å². The molecule has 0 saturated heterocycles. The minimum Gasteiger partial charge on any atom is -0.493 e. The smallest absolute Gasteiger partial charge is 0.246 e. The van der Waals surface area contributed by atoms with Crippen molar-refractivity contribution in [2.45, 2.75) is 11.8 Å². The Kier molecular flexibility index (Phi) is 6.70. The number of hydrogen-bond acceptors (Lipinski definition) is 5. The Labute approximate surface area is 155 Å². The first-order chi connectivity index (χ1) is 12.8. The Hall–Kier alpha value is -2.72. The SMILES string of the molecule is CCOc1ccc(NC(=O)CNS(=O)(=O)c2c(F)cccc2F)cc1OC. The standard InChI is InChI=1S/C17H18F2N2O5S/c1-3-26-14-8-7-11(9-15(14)25-2)21-16(22)10-20-27(23,24)17-12(18)5-4-6-13(17)19/h4-9,20H,3,10H2,1-2H3,(H,21,22). The molecule has 0 aliphatic carbocycles. The predicted molar refractivity (Wildman–Crippen MR) is 94.3 cm³/mol. The lowest BCUT2D eigenvalue weighted by molar-refractivity contribution is -0.115. The molecule has 27 heavy (non-hydrogen) atoms. The number of anilines is 1. The van der Waals surface area contributed by atoms with Gasteiger partial charge in [-0.05, 0) is 31.2 Å². The molecule has 0 fully saturated rings. The molecule has 0 bridgehead atoms. The average molecular weight is 400 g/mol. The number of carbonyl (C=O) groups is 1. The zero-order valence-electron chi connectivity index (χ0n) is 14.6. The molecule has 0 aliphatic heterocycles. The van der Waals surface area contributed by atoms with Crippen molar-refractivity contribution in [2.24, 2.45) is 0 Å². The molecule has 0 radical (unpaired) electrons. The maximum atomic E-state index is 13.6. The number of methoxy groups -OCH3 is 1. The number of nitrogens with one attached hydrogen (secondary N) is 2. The summed E-state index contributed by atoms with van der Waals surface area (Å²) < 4.78 is 63.7. The Morgan fingerprint density at radius 1 is 1.11 bits per heavy atom. The number of benzene rings is 2. The molecular formula is C17H18F2N2O5S. The highest BCUT2D eigenvalue weighted by molar-refractivity contribution is 7.89. The highest BCUT2D eigenvalue weighted by atomic mass is 32.2. The lowest BCUT2D eigenvalue weighted by Crippen LogP contribution is -2.33. The van der Waals surface area contributed by atoms with Crippen molar-refractivity contribution in [2.75, 3.05) is 25.6 Å². The fraction of sp³-hybridized carbons (Fsp3) is 0.235. The van der Waals surface area contributed by atoms with Crippen LogP contribution in [0.4, 0.5) is 14.5 Å². The van der Waals surface area contributed by atoms with Crippen LogP contribution in [0.5, 0.6) is 11.5 Å². The largest absolute Gasteiger partial charge is 0.493 e. The average Bonchev–Trinajstić information content (AvgIpc) is 2.61. The van der Waals surface area contributed by atoms with E-state index in [0.29, 0.717) is 23.8 Å². The summed E-state index contributed by atoms with van der Waals surface area (Å²) in [4.78, 5) is 10.8. The van der Waals surface area contributed by atoms with E-state index in [4.69, 9.17) is 9.47 Å². The van der Waals surface area contributed by atoms with E-state index in [1.54, 1.807) is 13.0 Å². The van der Waals surface area contributed by atoms with Crippen molar-refractivity contribution in [1.29, 1.82) is 0 Å². The first-order valence-electron chi connectivity index (χ1n) is 7.83. The number of halogens is 2. The molecular weight excluding hydrogens is 382 g/mol. The predicted octanol–water partition coefficient (Wildman–Crippen LogP) is 2.29. The first kappa shape index (κ1) is 20.6. The van der Waals surface area contributed by atoms with Gasteiger partial charge in [-0.1, -0.05) is 6.07 Å². The highest BCUT2D eigenvalue weighted by Crippen LogP contribution is 2.30. The van der Waals surface area contributed by atoms with Crippen LogP contribution in [0.15, 0.2) is 41.3 Å². The summed E-state index contributed by atoms with van der Waals surface area (Å²) in [5, 5.41) is 2.45. The Morgan fingerprint density at radius 2 is 1.78 bits per heavy atom. The highest BCUT2D eigenvalue weighted by Gasteiger charge is 2.24. The lowest BCUT2D eigenvalue weighted by Gasteiger charge is -2.12. The lowest BCUT2D eigenvalue weighted by atomic mass is 10.2. The topological polar surface area (TPSA) is 93.7 Å². The first-order valence-corrected chi connectivity index (χ1v) is 9.31. The molecule has 0 aromatic heterocycles. The van der Waals surface area contributed by atoms with Crippen molar-refractivity contribution in [3.05, 3.63) is 48.0 Å². The van der Waals surface area contributed by atoms with Gasteiger partial charge in [0.2, 0.25) is 15.9 Å². The maximum Gasteiger partial charge on any atom is 0.246 e. The Balaban J connectivity index is 2.06. The molecule has 0 aliphatic rings. The second-order valence-corrected chi connectivity index (χ2v) is 6.93. The second-order valence-electron chi connectivity index (χ2n) is 5.22. The summed E-state index contributed by atoms with van der Waals surface area (Å²) in [6.45, 7) is 1.52. The van der Waals surface area contributed by atoms with E-state index in [9.17, 15) is 22.0 Å². The Morgan fingerprint density at radius 3 is 2.37 bits per heavy atom. The molecule has 0 unspecified atom stereocenters. The van der Waals surface area contributed by atoms with Crippen molar-refractivity contribution >= 4 is 21.6 Å². The summed E-state index contributed by atoms with van der Waals surface area (Å²) in [6, 6.07) is 7.27. The van der Waals surface area contributed by atoms with Gasteiger partial charge in [0.15, 0.2) is 16.4 Å². The van der Waals surface area contributed by atoms with Gasteiger partial charge in [0.1, 0.15) is 11.6 Å². The number of hydrogen-bond donors (Lipinski definition) is 2. The van der Waals surface area contributed by atoms with Crippen LogP contribution in [0.1, 0.15) is 6.92 Å². The van der Waals surface area contributed by atoms with Crippen molar-refractivity contribution < 1.29 is 31.5 Å². The fourth-order valence-corrected chi connectivity index (χ4v) is 3.31. The summed E-state index contributed by atoms with van der Waals surface area (Å²) in [5.41, 5.74) is 0.330. The summed E-state index contributed by atoms with van der Waals surface area (Å²) in [6.07, 6.45) is 0. The minimum atomic E-state index is -4.54. The van der Waals surface area contributed by atoms with Crippen LogP contribution in [-0.4, -0.2) is 34.6 Å². The molecule has 10 heteroatoms. The normalized spacial score (nSPS) is 11.1. The van der Waals surface area contributed by atoms with Crippen LogP contribution in [0, 0.1) is 11.6 Å². The van der Waals surface area contributed by atoms with Gasteiger partial charge in [0.25, 0.3) is 0 Å². The van der Waals surface area contributed by atoms with E-state index < -0.39 is 39.0 Å². The van der Waals surface area contributed by atoms with E-state index >= 15 is 0 Å². The van der Waals surface area contributed by atoms with E-state index in [0.717, 1.165) is 18.2 Å². The summed E-state index contributed by atoms with van der Waals surface area (Å²) in [7, 11) is -3.11. The number of sulfonamides is 1. The molecule has 7 nitrogen and oxygen atoms in total. The van der Waals surface area contributed by atoms with Gasteiger partial charge >= 0.3 is 0 Å². The summed E-state index contributed by atoms with van der Waals surface area (Å²) >= 11 is 0. The molecule has 0 atom stereocenters. The monoisotopic (exact) mass is 400 g/mol. The number of rotatable bonds is 8. The van der Waals surface area contributed by atoms with Gasteiger partial charge < -0.3 is 14.8 Å². The quantitative estimate of drug-likeness (QED) is 0.709. The zero-order chi connectivity index (χ0) is 20.0. The second kappa shape index (κ2) is 8.78. The molecule has 0 saturated carbocycles. The van der Waals surface area contributed by atoms with Crippen LogP contribution < -0.4 is 19.5 Å². The van der Waals surface area contributed by atoms with Crippen molar-refractivity contribution in [3.8, 4) is 11.5 Å². The molecule has 2 N–H and O–H groups in total. The molecule has 146 valence electrons. The van der Waals surface area contributed by atoms with Gasteiger partial charge in [0, 0.05) is 11.8 Å². The van der Waals surface area contributed by atoms with Gasteiger partial charge in [-0.15, -0.1) is 0 Å². The van der Waals surface area contributed by atoms with Gasteiger partial charge in [-0.25, -0.2) is 21.9 Å². The molecule has 0 heterocycles. The number of amides is 1. The fourth-order valence-electron chi connectivity index (χ4n) is 2.20. The van der Waals surface area contributed by atoms with Crippen LogP contribution in [0.3, 0.4) is 0 Å².